The van der Waals surface area contributed by atoms with E-state index in [-0.39, 0.29) is 23.7 Å². The number of fused-ring (bicyclic) bond motifs is 4. The molecule has 2 atom stereocenters. The molecular weight excluding hydrogens is 476 g/mol. The average molecular weight is 521 g/mol. The molecular formula is C32H44N2O4. The van der Waals surface area contributed by atoms with E-state index >= 15 is 0 Å². The van der Waals surface area contributed by atoms with E-state index in [0.717, 1.165) is 97.7 Å². The molecule has 6 rings (SSSR count). The number of piperidine rings is 3. The smallest absolute Gasteiger partial charge is 0.407 e. The molecule has 206 valence electrons. The Bertz CT molecular complexity index is 1160. The van der Waals surface area contributed by atoms with Gasteiger partial charge in [0.1, 0.15) is 17.6 Å². The first kappa shape index (κ1) is 26.9. The number of carbonyl (C=O) groups is 1. The lowest BCUT2D eigenvalue weighted by Gasteiger charge is -2.44. The summed E-state index contributed by atoms with van der Waals surface area (Å²) in [6.45, 7) is 14.6. The second-order valence-corrected chi connectivity index (χ2v) is 12.2. The summed E-state index contributed by atoms with van der Waals surface area (Å²) >= 11 is 0. The summed E-state index contributed by atoms with van der Waals surface area (Å²) in [6, 6.07) is 8.64. The number of alkyl carbamates (subject to hydrolysis) is 1. The number of methoxy groups -OCH3 is 1. The van der Waals surface area contributed by atoms with Crippen LogP contribution in [-0.4, -0.2) is 50.4 Å². The van der Waals surface area contributed by atoms with E-state index in [9.17, 15) is 4.79 Å². The molecule has 0 saturated carbocycles. The molecule has 1 aliphatic carbocycles. The molecule has 38 heavy (non-hydrogen) atoms. The molecule has 6 heteroatoms. The zero-order valence-corrected chi connectivity index (χ0v) is 24.0. The van der Waals surface area contributed by atoms with Crippen LogP contribution in [0.2, 0.25) is 0 Å². The first-order chi connectivity index (χ1) is 18.2. The van der Waals surface area contributed by atoms with Gasteiger partial charge in [0.05, 0.1) is 19.8 Å². The molecule has 4 aliphatic rings. The monoisotopic (exact) mass is 520 g/mol. The number of amides is 1. The number of hydrogen-bond acceptors (Lipinski definition) is 5. The van der Waals surface area contributed by atoms with E-state index in [1.807, 2.05) is 0 Å². The van der Waals surface area contributed by atoms with Crippen molar-refractivity contribution in [3.05, 3.63) is 46.5 Å². The highest BCUT2D eigenvalue weighted by Crippen LogP contribution is 2.47. The molecule has 2 aromatic carbocycles. The summed E-state index contributed by atoms with van der Waals surface area (Å²) in [5.74, 6) is 2.28. The molecule has 2 bridgehead atoms. The third-order valence-electron chi connectivity index (χ3n) is 8.93. The summed E-state index contributed by atoms with van der Waals surface area (Å²) in [7, 11) is 1.72. The zero-order chi connectivity index (χ0) is 27.0. The van der Waals surface area contributed by atoms with E-state index in [0.29, 0.717) is 5.92 Å². The van der Waals surface area contributed by atoms with Crippen molar-refractivity contribution in [1.29, 1.82) is 0 Å². The summed E-state index contributed by atoms with van der Waals surface area (Å²) < 4.78 is 18.0. The quantitative estimate of drug-likeness (QED) is 0.446. The van der Waals surface area contributed by atoms with Crippen LogP contribution in [0, 0.1) is 25.2 Å². The molecule has 0 aromatic heterocycles. The summed E-state index contributed by atoms with van der Waals surface area (Å²) in [5.41, 5.74) is 6.75. The van der Waals surface area contributed by atoms with Gasteiger partial charge in [-0.2, -0.15) is 0 Å². The largest absolute Gasteiger partial charge is 0.496 e. The summed E-state index contributed by atoms with van der Waals surface area (Å²) in [5, 5.41) is 3.28. The SMILES string of the molecule is CCCOc1c(C)cc(-c2cc3c(cc2OC)C(NC(=O)O[C@@H]2CN4CCC2CC4)C(C)(C)CC3)cc1C. The van der Waals surface area contributed by atoms with Crippen molar-refractivity contribution in [2.45, 2.75) is 78.9 Å². The maximum Gasteiger partial charge on any atom is 0.407 e. The minimum absolute atomic E-state index is 0.00339. The summed E-state index contributed by atoms with van der Waals surface area (Å²) in [6.07, 6.45) is 4.88. The van der Waals surface area contributed by atoms with E-state index in [1.165, 1.54) is 5.56 Å². The van der Waals surface area contributed by atoms with Crippen LogP contribution in [0.4, 0.5) is 4.79 Å². The number of benzene rings is 2. The predicted molar refractivity (Wildman–Crippen MR) is 151 cm³/mol. The van der Waals surface area contributed by atoms with Gasteiger partial charge >= 0.3 is 6.09 Å². The average Bonchev–Trinajstić information content (AvgIpc) is 2.90. The Morgan fingerprint density at radius 3 is 2.42 bits per heavy atom. The van der Waals surface area contributed by atoms with Gasteiger partial charge in [0.15, 0.2) is 0 Å². The van der Waals surface area contributed by atoms with Gasteiger partial charge in [0, 0.05) is 12.1 Å². The molecule has 2 aromatic rings. The van der Waals surface area contributed by atoms with Gasteiger partial charge in [-0.15, -0.1) is 0 Å². The number of ether oxygens (including phenoxy) is 3. The Hall–Kier alpha value is -2.73. The maximum atomic E-state index is 13.2. The number of nitrogens with one attached hydrogen (secondary N) is 1. The fraction of sp³-hybridized carbons (Fsp3) is 0.594. The lowest BCUT2D eigenvalue weighted by Crippen LogP contribution is -2.53. The molecule has 1 N–H and O–H groups in total. The van der Waals surface area contributed by atoms with Gasteiger partial charge in [0.25, 0.3) is 0 Å². The minimum Gasteiger partial charge on any atom is -0.496 e. The van der Waals surface area contributed by atoms with Crippen LogP contribution >= 0.6 is 0 Å². The van der Waals surface area contributed by atoms with Crippen molar-refractivity contribution in [3.8, 4) is 22.6 Å². The van der Waals surface area contributed by atoms with Crippen molar-refractivity contribution in [1.82, 2.24) is 10.2 Å². The normalized spacial score (nSPS) is 25.4. The van der Waals surface area contributed by atoms with Gasteiger partial charge in [0.2, 0.25) is 0 Å². The molecule has 3 fully saturated rings. The number of hydrogen-bond donors (Lipinski definition) is 1. The van der Waals surface area contributed by atoms with Gasteiger partial charge in [-0.25, -0.2) is 4.79 Å². The molecule has 0 radical (unpaired) electrons. The highest BCUT2D eigenvalue weighted by Gasteiger charge is 2.40. The van der Waals surface area contributed by atoms with Crippen molar-refractivity contribution in [3.63, 3.8) is 0 Å². The fourth-order valence-corrected chi connectivity index (χ4v) is 6.69. The first-order valence-corrected chi connectivity index (χ1v) is 14.3. The van der Waals surface area contributed by atoms with Gasteiger partial charge < -0.3 is 19.5 Å². The Labute approximate surface area is 228 Å². The van der Waals surface area contributed by atoms with Gasteiger partial charge in [-0.3, -0.25) is 4.90 Å². The second-order valence-electron chi connectivity index (χ2n) is 12.2. The highest BCUT2D eigenvalue weighted by atomic mass is 16.6. The van der Waals surface area contributed by atoms with Crippen molar-refractivity contribution in [2.24, 2.45) is 11.3 Å². The Balaban J connectivity index is 1.42. The Morgan fingerprint density at radius 2 is 1.82 bits per heavy atom. The van der Waals surface area contributed by atoms with E-state index in [2.05, 4.69) is 69.1 Å². The lowest BCUT2D eigenvalue weighted by molar-refractivity contribution is -0.0353. The van der Waals surface area contributed by atoms with Crippen molar-refractivity contribution < 1.29 is 19.0 Å². The van der Waals surface area contributed by atoms with Crippen molar-refractivity contribution in [2.75, 3.05) is 33.4 Å². The fourth-order valence-electron chi connectivity index (χ4n) is 6.69. The van der Waals surface area contributed by atoms with Crippen LogP contribution in [0.15, 0.2) is 24.3 Å². The second kappa shape index (κ2) is 10.8. The minimum atomic E-state index is -0.299. The van der Waals surface area contributed by atoms with Gasteiger partial charge in [-0.05, 0) is 122 Å². The number of carbonyl (C=O) groups excluding carboxylic acids is 1. The first-order valence-electron chi connectivity index (χ1n) is 14.3. The highest BCUT2D eigenvalue weighted by molar-refractivity contribution is 5.75. The van der Waals surface area contributed by atoms with E-state index in [1.54, 1.807) is 7.11 Å². The molecule has 1 amide bonds. The summed E-state index contributed by atoms with van der Waals surface area (Å²) in [4.78, 5) is 15.6. The van der Waals surface area contributed by atoms with Crippen LogP contribution in [0.1, 0.15) is 74.8 Å². The van der Waals surface area contributed by atoms with Crippen LogP contribution in [-0.2, 0) is 11.2 Å². The van der Waals surface area contributed by atoms with E-state index < -0.39 is 0 Å². The molecule has 0 spiro atoms. The lowest BCUT2D eigenvalue weighted by atomic mass is 9.70. The third-order valence-corrected chi connectivity index (χ3v) is 8.93. The van der Waals surface area contributed by atoms with Crippen LogP contribution < -0.4 is 14.8 Å². The third kappa shape index (κ3) is 5.25. The molecule has 3 aliphatic heterocycles. The zero-order valence-electron chi connectivity index (χ0n) is 24.0. The Morgan fingerprint density at radius 1 is 1.11 bits per heavy atom. The van der Waals surface area contributed by atoms with Crippen molar-refractivity contribution >= 4 is 6.09 Å². The van der Waals surface area contributed by atoms with Crippen LogP contribution in [0.25, 0.3) is 11.1 Å². The predicted octanol–water partition coefficient (Wildman–Crippen LogP) is 6.60. The maximum absolute atomic E-state index is 13.2. The van der Waals surface area contributed by atoms with Gasteiger partial charge in [-0.1, -0.05) is 20.8 Å². The molecule has 3 saturated heterocycles. The van der Waals surface area contributed by atoms with E-state index in [4.69, 9.17) is 14.2 Å². The molecule has 1 unspecified atom stereocenters. The van der Waals surface area contributed by atoms with Crippen LogP contribution in [0.5, 0.6) is 11.5 Å². The van der Waals surface area contributed by atoms with Crippen LogP contribution in [0.3, 0.4) is 0 Å². The number of rotatable bonds is 7. The molecule has 3 heterocycles. The molecule has 6 nitrogen and oxygen atoms in total. The Kier molecular flexibility index (Phi) is 7.63. The topological polar surface area (TPSA) is 60.0 Å². The number of nitrogens with zero attached hydrogens (tertiary/aromatic N) is 1. The standard InChI is InChI=1S/C32H44N2O4/c1-7-14-37-29-20(2)15-24(16-21(29)3)25-17-23-8-11-32(4,5)30(26(23)18-27(25)36-6)33-31(35)38-28-19-34-12-9-22(28)10-13-34/h15-18,22,28,30H,7-14,19H2,1-6H3,(H,33,35)/t28-,30?/m1/s1. The number of aryl methyl sites for hydroxylation is 3.